The largest absolute Gasteiger partial charge is 0.493 e. The van der Waals surface area contributed by atoms with Crippen LogP contribution in [0.2, 0.25) is 0 Å². The van der Waals surface area contributed by atoms with Crippen LogP contribution in [-0.4, -0.2) is 25.5 Å². The van der Waals surface area contributed by atoms with E-state index in [0.717, 1.165) is 31.2 Å². The Hall–Kier alpha value is -1.06. The molecule has 0 aromatic heterocycles. The van der Waals surface area contributed by atoms with E-state index < -0.39 is 0 Å². The fraction of sp³-hybridized carbons (Fsp3) is 0.533. The van der Waals surface area contributed by atoms with Gasteiger partial charge in [-0.25, -0.2) is 0 Å². The van der Waals surface area contributed by atoms with Crippen molar-refractivity contribution in [3.05, 3.63) is 29.8 Å². The number of halogens is 1. The number of piperidine rings is 1. The highest BCUT2D eigenvalue weighted by molar-refractivity contribution is 5.96. The summed E-state index contributed by atoms with van der Waals surface area (Å²) < 4.78 is 5.76. The van der Waals surface area contributed by atoms with Crippen molar-refractivity contribution >= 4 is 18.2 Å². The number of para-hydroxylation sites is 1. The average molecular weight is 284 g/mol. The molecule has 4 heteroatoms. The molecule has 0 aliphatic carbocycles. The summed E-state index contributed by atoms with van der Waals surface area (Å²) in [6.45, 7) is 4.52. The first-order chi connectivity index (χ1) is 8.77. The van der Waals surface area contributed by atoms with Crippen LogP contribution in [0.3, 0.4) is 0 Å². The molecular weight excluding hydrogens is 262 g/mol. The van der Waals surface area contributed by atoms with Gasteiger partial charge in [-0.05, 0) is 57.3 Å². The molecule has 0 unspecified atom stereocenters. The SMILES string of the molecule is CC(=O)c1ccccc1OCCC1CCNCC1.Cl. The molecule has 1 N–H and O–H groups in total. The number of hydrogen-bond donors (Lipinski definition) is 1. The number of Topliss-reactive ketones (excluding diaryl/α,β-unsaturated/α-hetero) is 1. The van der Waals surface area contributed by atoms with Crippen molar-refractivity contribution in [3.63, 3.8) is 0 Å². The topological polar surface area (TPSA) is 38.3 Å². The van der Waals surface area contributed by atoms with Gasteiger partial charge in [-0.2, -0.15) is 0 Å². The molecule has 1 aliphatic rings. The maximum atomic E-state index is 11.4. The molecule has 3 nitrogen and oxygen atoms in total. The molecule has 19 heavy (non-hydrogen) atoms. The van der Waals surface area contributed by atoms with Crippen molar-refractivity contribution < 1.29 is 9.53 Å². The lowest BCUT2D eigenvalue weighted by molar-refractivity contribution is 0.101. The van der Waals surface area contributed by atoms with Gasteiger partial charge in [0.2, 0.25) is 0 Å². The monoisotopic (exact) mass is 283 g/mol. The summed E-state index contributed by atoms with van der Waals surface area (Å²) in [6.07, 6.45) is 3.54. The first-order valence-corrected chi connectivity index (χ1v) is 6.71. The number of carbonyl (C=O) groups is 1. The lowest BCUT2D eigenvalue weighted by atomic mass is 9.95. The highest BCUT2D eigenvalue weighted by atomic mass is 35.5. The van der Waals surface area contributed by atoms with E-state index in [9.17, 15) is 4.79 Å². The maximum absolute atomic E-state index is 11.4. The van der Waals surface area contributed by atoms with E-state index >= 15 is 0 Å². The summed E-state index contributed by atoms with van der Waals surface area (Å²) >= 11 is 0. The van der Waals surface area contributed by atoms with Crippen LogP contribution in [0.15, 0.2) is 24.3 Å². The third kappa shape index (κ3) is 4.84. The lowest BCUT2D eigenvalue weighted by Gasteiger charge is -2.22. The molecule has 1 aromatic rings. The minimum absolute atomic E-state index is 0. The number of nitrogens with one attached hydrogen (secondary N) is 1. The predicted octanol–water partition coefficient (Wildman–Crippen LogP) is 3.08. The molecule has 0 amide bonds. The molecule has 0 atom stereocenters. The highest BCUT2D eigenvalue weighted by Gasteiger charge is 2.13. The predicted molar refractivity (Wildman–Crippen MR) is 79.4 cm³/mol. The second-order valence-electron chi connectivity index (χ2n) is 4.88. The summed E-state index contributed by atoms with van der Waals surface area (Å²) in [5.41, 5.74) is 0.683. The van der Waals surface area contributed by atoms with Crippen LogP contribution in [-0.2, 0) is 0 Å². The number of benzene rings is 1. The molecule has 1 fully saturated rings. The van der Waals surface area contributed by atoms with Gasteiger partial charge in [0.25, 0.3) is 0 Å². The second kappa shape index (κ2) is 8.18. The zero-order valence-electron chi connectivity index (χ0n) is 11.4. The Balaban J connectivity index is 0.00000180. The van der Waals surface area contributed by atoms with E-state index in [0.29, 0.717) is 12.2 Å². The van der Waals surface area contributed by atoms with E-state index in [1.165, 1.54) is 12.8 Å². The van der Waals surface area contributed by atoms with E-state index in [-0.39, 0.29) is 18.2 Å². The molecule has 0 spiro atoms. The Bertz CT molecular complexity index is 403. The molecule has 0 bridgehead atoms. The lowest BCUT2D eigenvalue weighted by Crippen LogP contribution is -2.28. The quantitative estimate of drug-likeness (QED) is 0.844. The van der Waals surface area contributed by atoms with Crippen LogP contribution in [0, 0.1) is 5.92 Å². The van der Waals surface area contributed by atoms with Gasteiger partial charge in [0.05, 0.1) is 12.2 Å². The van der Waals surface area contributed by atoms with Crippen LogP contribution >= 0.6 is 12.4 Å². The summed E-state index contributed by atoms with van der Waals surface area (Å²) in [7, 11) is 0. The summed E-state index contributed by atoms with van der Waals surface area (Å²) in [5.74, 6) is 1.54. The standard InChI is InChI=1S/C15H21NO2.ClH/c1-12(17)14-4-2-3-5-15(14)18-11-8-13-6-9-16-10-7-13;/h2-5,13,16H,6-11H2,1H3;1H. The fourth-order valence-corrected chi connectivity index (χ4v) is 2.39. The van der Waals surface area contributed by atoms with Gasteiger partial charge in [0, 0.05) is 0 Å². The van der Waals surface area contributed by atoms with Crippen LogP contribution in [0.25, 0.3) is 0 Å². The normalized spacial score (nSPS) is 15.6. The Labute approximate surface area is 121 Å². The molecule has 1 aromatic carbocycles. The van der Waals surface area contributed by atoms with E-state index in [1.807, 2.05) is 24.3 Å². The fourth-order valence-electron chi connectivity index (χ4n) is 2.39. The van der Waals surface area contributed by atoms with Crippen molar-refractivity contribution in [1.82, 2.24) is 5.32 Å². The Morgan fingerprint density at radius 3 is 2.68 bits per heavy atom. The summed E-state index contributed by atoms with van der Waals surface area (Å²) in [4.78, 5) is 11.4. The van der Waals surface area contributed by atoms with Crippen LogP contribution < -0.4 is 10.1 Å². The van der Waals surface area contributed by atoms with Gasteiger partial charge in [-0.15, -0.1) is 12.4 Å². The first kappa shape index (κ1) is 16.0. The first-order valence-electron chi connectivity index (χ1n) is 6.71. The van der Waals surface area contributed by atoms with Gasteiger partial charge in [-0.3, -0.25) is 4.79 Å². The van der Waals surface area contributed by atoms with Gasteiger partial charge >= 0.3 is 0 Å². The molecule has 0 saturated carbocycles. The number of hydrogen-bond acceptors (Lipinski definition) is 3. The molecule has 106 valence electrons. The van der Waals surface area contributed by atoms with Gasteiger partial charge in [-0.1, -0.05) is 12.1 Å². The van der Waals surface area contributed by atoms with Crippen molar-refractivity contribution in [3.8, 4) is 5.75 Å². The zero-order chi connectivity index (χ0) is 12.8. The molecule has 0 radical (unpaired) electrons. The Kier molecular flexibility index (Phi) is 6.89. The summed E-state index contributed by atoms with van der Waals surface area (Å²) in [6, 6.07) is 7.48. The number of ether oxygens (including phenoxy) is 1. The van der Waals surface area contributed by atoms with Gasteiger partial charge in [0.1, 0.15) is 5.75 Å². The smallest absolute Gasteiger partial charge is 0.163 e. The van der Waals surface area contributed by atoms with E-state index in [4.69, 9.17) is 4.74 Å². The Morgan fingerprint density at radius 2 is 2.00 bits per heavy atom. The number of rotatable bonds is 5. The van der Waals surface area contributed by atoms with Gasteiger partial charge in [0.15, 0.2) is 5.78 Å². The highest BCUT2D eigenvalue weighted by Crippen LogP contribution is 2.21. The molecule has 1 saturated heterocycles. The summed E-state index contributed by atoms with van der Waals surface area (Å²) in [5, 5.41) is 3.36. The van der Waals surface area contributed by atoms with Crippen LogP contribution in [0.5, 0.6) is 5.75 Å². The number of carbonyl (C=O) groups excluding carboxylic acids is 1. The average Bonchev–Trinajstić information content (AvgIpc) is 2.40. The molecule has 2 rings (SSSR count). The zero-order valence-corrected chi connectivity index (χ0v) is 12.2. The minimum Gasteiger partial charge on any atom is -0.493 e. The van der Waals surface area contributed by atoms with Crippen LogP contribution in [0.1, 0.15) is 36.5 Å². The molecule has 1 aliphatic heterocycles. The van der Waals surface area contributed by atoms with E-state index in [2.05, 4.69) is 5.32 Å². The van der Waals surface area contributed by atoms with Crippen molar-refractivity contribution in [1.29, 1.82) is 0 Å². The van der Waals surface area contributed by atoms with Crippen molar-refractivity contribution in [2.75, 3.05) is 19.7 Å². The molecular formula is C15H22ClNO2. The number of ketones is 1. The van der Waals surface area contributed by atoms with E-state index in [1.54, 1.807) is 6.92 Å². The second-order valence-corrected chi connectivity index (χ2v) is 4.88. The maximum Gasteiger partial charge on any atom is 0.163 e. The minimum atomic E-state index is 0. The third-order valence-corrected chi connectivity index (χ3v) is 3.51. The van der Waals surface area contributed by atoms with Crippen LogP contribution in [0.4, 0.5) is 0 Å². The van der Waals surface area contributed by atoms with Crippen molar-refractivity contribution in [2.24, 2.45) is 5.92 Å². The van der Waals surface area contributed by atoms with Crippen molar-refractivity contribution in [2.45, 2.75) is 26.2 Å². The third-order valence-electron chi connectivity index (χ3n) is 3.51. The molecule has 1 heterocycles. The Morgan fingerprint density at radius 1 is 1.32 bits per heavy atom. The van der Waals surface area contributed by atoms with Gasteiger partial charge < -0.3 is 10.1 Å².